The molecule has 0 aliphatic rings. The van der Waals surface area contributed by atoms with E-state index in [2.05, 4.69) is 40.0 Å². The number of thiazole rings is 1. The van der Waals surface area contributed by atoms with Gasteiger partial charge < -0.3 is 15.0 Å². The van der Waals surface area contributed by atoms with E-state index in [1.54, 1.807) is 28.7 Å². The largest absolute Gasteiger partial charge is 0.361 e. The van der Waals surface area contributed by atoms with Crippen LogP contribution in [0.1, 0.15) is 22.9 Å². The van der Waals surface area contributed by atoms with Gasteiger partial charge in [-0.3, -0.25) is 4.79 Å². The van der Waals surface area contributed by atoms with Crippen LogP contribution in [0.5, 0.6) is 0 Å². The number of benzene rings is 3. The van der Waals surface area contributed by atoms with E-state index in [1.807, 2.05) is 24.3 Å². The van der Waals surface area contributed by atoms with Crippen LogP contribution in [0.3, 0.4) is 0 Å². The summed E-state index contributed by atoms with van der Waals surface area (Å²) in [5.41, 5.74) is 7.55. The Kier molecular flexibility index (Phi) is 9.29. The van der Waals surface area contributed by atoms with E-state index in [4.69, 9.17) is 9.72 Å². The number of carbonyl (C=O) groups is 1. The van der Waals surface area contributed by atoms with Crippen molar-refractivity contribution in [1.82, 2.24) is 30.0 Å². The molecular weight excluding hydrogens is 678 g/mol. The van der Waals surface area contributed by atoms with Gasteiger partial charge in [-0.15, -0.1) is 11.3 Å². The second-order valence-electron chi connectivity index (χ2n) is 13.6. The number of amides is 1. The number of hydrogen-bond acceptors (Lipinski definition) is 6. The zero-order valence-electron chi connectivity index (χ0n) is 27.8. The van der Waals surface area contributed by atoms with Gasteiger partial charge in [-0.25, -0.2) is 27.8 Å². The fourth-order valence-electron chi connectivity index (χ4n) is 6.07. The van der Waals surface area contributed by atoms with Crippen LogP contribution in [-0.2, 0) is 29.1 Å². The molecule has 0 spiro atoms. The lowest BCUT2D eigenvalue weighted by Gasteiger charge is -2.22. The third kappa shape index (κ3) is 7.49. The average Bonchev–Trinajstić information content (AvgIpc) is 3.79. The van der Waals surface area contributed by atoms with Crippen LogP contribution in [0.2, 0.25) is 25.7 Å². The summed E-state index contributed by atoms with van der Waals surface area (Å²) in [6.07, 6.45) is 3.31. The number of nitrogens with one attached hydrogen (secondary N) is 2. The first kappa shape index (κ1) is 33.6. The highest BCUT2D eigenvalue weighted by Crippen LogP contribution is 2.34. The first-order chi connectivity index (χ1) is 24.0. The van der Waals surface area contributed by atoms with Crippen LogP contribution in [0.4, 0.5) is 13.2 Å². The number of aromatic amines is 1. The third-order valence-electron chi connectivity index (χ3n) is 8.62. The van der Waals surface area contributed by atoms with Crippen molar-refractivity contribution in [2.75, 3.05) is 6.61 Å². The highest BCUT2D eigenvalue weighted by Gasteiger charge is 2.25. The van der Waals surface area contributed by atoms with Crippen LogP contribution in [0, 0.1) is 17.5 Å². The molecule has 0 aliphatic carbocycles. The van der Waals surface area contributed by atoms with E-state index in [-0.39, 0.29) is 25.5 Å². The van der Waals surface area contributed by atoms with E-state index in [9.17, 15) is 18.0 Å². The SMILES string of the molecule is C[Si](C)(C)CCOCn1ncc2nc([C@H](Cc3cc(F)cc(F)c3)NC(=O)Cc3c[nH]c4ccc(F)cc34)c(-c3ccc4scnc4c3)cc21. The Bertz CT molecular complexity index is 2330. The van der Waals surface area contributed by atoms with Crippen molar-refractivity contribution in [3.05, 3.63) is 113 Å². The maximum atomic E-state index is 14.4. The number of ether oxygens (including phenoxy) is 1. The van der Waals surface area contributed by atoms with Gasteiger partial charge in [0.1, 0.15) is 29.7 Å². The van der Waals surface area contributed by atoms with Gasteiger partial charge in [0, 0.05) is 43.4 Å². The summed E-state index contributed by atoms with van der Waals surface area (Å²) in [5, 5.41) is 8.26. The van der Waals surface area contributed by atoms with E-state index in [0.717, 1.165) is 33.4 Å². The van der Waals surface area contributed by atoms with Gasteiger partial charge in [0.25, 0.3) is 0 Å². The number of fused-ring (bicyclic) bond motifs is 3. The van der Waals surface area contributed by atoms with Crippen molar-refractivity contribution in [2.45, 2.75) is 51.3 Å². The predicted octanol–water partition coefficient (Wildman–Crippen LogP) is 8.56. The lowest BCUT2D eigenvalue weighted by molar-refractivity contribution is -0.121. The molecule has 0 bridgehead atoms. The molecule has 0 radical (unpaired) electrons. The maximum absolute atomic E-state index is 14.4. The predicted molar refractivity (Wildman–Crippen MR) is 193 cm³/mol. The molecule has 50 heavy (non-hydrogen) atoms. The molecule has 3 aromatic carbocycles. The molecule has 7 rings (SSSR count). The molecule has 0 unspecified atom stereocenters. The van der Waals surface area contributed by atoms with Crippen LogP contribution >= 0.6 is 11.3 Å². The molecule has 8 nitrogen and oxygen atoms in total. The van der Waals surface area contributed by atoms with E-state index in [1.165, 1.54) is 35.6 Å². The van der Waals surface area contributed by atoms with Crippen molar-refractivity contribution < 1.29 is 22.7 Å². The summed E-state index contributed by atoms with van der Waals surface area (Å²) < 4.78 is 51.8. The summed E-state index contributed by atoms with van der Waals surface area (Å²) in [7, 11) is -1.29. The molecule has 0 saturated heterocycles. The Balaban J connectivity index is 1.30. The first-order valence-corrected chi connectivity index (χ1v) is 20.9. The van der Waals surface area contributed by atoms with Crippen LogP contribution in [-0.4, -0.2) is 45.3 Å². The molecule has 1 amide bonds. The van der Waals surface area contributed by atoms with Gasteiger partial charge in [0.2, 0.25) is 5.91 Å². The summed E-state index contributed by atoms with van der Waals surface area (Å²) in [5.74, 6) is -2.23. The van der Waals surface area contributed by atoms with Crippen molar-refractivity contribution >= 4 is 57.5 Å². The highest BCUT2D eigenvalue weighted by atomic mass is 32.1. The van der Waals surface area contributed by atoms with Crippen molar-refractivity contribution in [1.29, 1.82) is 0 Å². The number of pyridine rings is 1. The number of carbonyl (C=O) groups excluding carboxylic acids is 1. The van der Waals surface area contributed by atoms with Crippen LogP contribution in [0.25, 0.3) is 43.3 Å². The number of H-pyrrole nitrogens is 1. The normalized spacial score (nSPS) is 12.7. The van der Waals surface area contributed by atoms with Gasteiger partial charge in [-0.2, -0.15) is 5.10 Å². The van der Waals surface area contributed by atoms with Crippen LogP contribution < -0.4 is 5.32 Å². The van der Waals surface area contributed by atoms with Gasteiger partial charge in [-0.1, -0.05) is 25.7 Å². The Hall–Kier alpha value is -4.85. The zero-order valence-corrected chi connectivity index (χ0v) is 29.6. The Morgan fingerprint density at radius 2 is 1.82 bits per heavy atom. The standard InChI is InChI=1S/C37H35F3N6O2SSi/c1-50(2,3)9-8-48-21-46-34-17-29(23-4-7-35-31(13-23)42-20-49-35)37(45-33(34)19-43-46)32(12-22-10-26(39)15-27(40)11-22)44-36(47)14-24-18-41-30-6-5-25(38)16-28(24)30/h4-7,10-11,13,15-20,32,41H,8-9,12,14,21H2,1-3H3,(H,44,47)/t32-/m0/s1. The minimum atomic E-state index is -1.29. The maximum Gasteiger partial charge on any atom is 0.225 e. The molecule has 4 aromatic heterocycles. The molecule has 0 saturated carbocycles. The second-order valence-corrected chi connectivity index (χ2v) is 20.1. The highest BCUT2D eigenvalue weighted by molar-refractivity contribution is 7.16. The Labute approximate surface area is 291 Å². The second kappa shape index (κ2) is 13.8. The fourth-order valence-corrected chi connectivity index (χ4v) is 7.49. The van der Waals surface area contributed by atoms with Gasteiger partial charge in [0.15, 0.2) is 0 Å². The van der Waals surface area contributed by atoms with Gasteiger partial charge >= 0.3 is 0 Å². The topological polar surface area (TPSA) is 97.7 Å². The lowest BCUT2D eigenvalue weighted by atomic mass is 9.94. The third-order valence-corrected chi connectivity index (χ3v) is 11.1. The summed E-state index contributed by atoms with van der Waals surface area (Å²) in [6.45, 7) is 7.75. The zero-order chi connectivity index (χ0) is 35.0. The molecule has 13 heteroatoms. The summed E-state index contributed by atoms with van der Waals surface area (Å²) >= 11 is 1.53. The molecule has 2 N–H and O–H groups in total. The molecule has 0 fully saturated rings. The van der Waals surface area contributed by atoms with Gasteiger partial charge in [0.05, 0.1) is 45.6 Å². The molecule has 7 aromatic rings. The number of aromatic nitrogens is 5. The lowest BCUT2D eigenvalue weighted by Crippen LogP contribution is -2.32. The summed E-state index contributed by atoms with van der Waals surface area (Å²) in [4.78, 5) is 26.4. The monoisotopic (exact) mass is 712 g/mol. The minimum absolute atomic E-state index is 0.0430. The number of rotatable bonds is 12. The van der Waals surface area contributed by atoms with Crippen molar-refractivity contribution in [3.63, 3.8) is 0 Å². The molecule has 1 atom stereocenters. The van der Waals surface area contributed by atoms with Crippen molar-refractivity contribution in [2.24, 2.45) is 0 Å². The average molecular weight is 713 g/mol. The smallest absolute Gasteiger partial charge is 0.225 e. The number of nitrogens with zero attached hydrogens (tertiary/aromatic N) is 4. The molecular formula is C37H35F3N6O2SSi. The van der Waals surface area contributed by atoms with E-state index >= 15 is 0 Å². The van der Waals surface area contributed by atoms with Crippen LogP contribution in [0.15, 0.2) is 78.6 Å². The molecule has 256 valence electrons. The number of halogens is 3. The Morgan fingerprint density at radius 3 is 2.62 bits per heavy atom. The van der Waals surface area contributed by atoms with E-state index in [0.29, 0.717) is 45.4 Å². The Morgan fingerprint density at radius 1 is 1.00 bits per heavy atom. The minimum Gasteiger partial charge on any atom is -0.361 e. The van der Waals surface area contributed by atoms with Gasteiger partial charge in [-0.05, 0) is 77.7 Å². The molecule has 0 aliphatic heterocycles. The fraction of sp³-hybridized carbons (Fsp3) is 0.243. The number of hydrogen-bond donors (Lipinski definition) is 2. The molecule has 4 heterocycles. The quantitative estimate of drug-likeness (QED) is 0.0978. The van der Waals surface area contributed by atoms with E-state index < -0.39 is 31.6 Å². The van der Waals surface area contributed by atoms with Crippen molar-refractivity contribution in [3.8, 4) is 11.1 Å². The summed E-state index contributed by atoms with van der Waals surface area (Å²) in [6, 6.07) is 15.8. The first-order valence-electron chi connectivity index (χ1n) is 16.3.